The summed E-state index contributed by atoms with van der Waals surface area (Å²) in [4.78, 5) is 0. The maximum Gasteiger partial charge on any atom is 0.422 e. The SMILES string of the molecule is C/C(=C1/C(=C(\C#N)c2c(F)c(F)c(C(F)(F)F)c(F)c2F)C1C(C#N)c1c(F)c(F)c(C(F)(F)F)c(F)c1F)c1c(F)c(F)c(C(F)(F)F)c(F)c1F. The molecule has 0 radical (unpaired) electrons. The first-order valence-electron chi connectivity index (χ1n) is 13.2. The van der Waals surface area contributed by atoms with Crippen LogP contribution in [-0.2, 0) is 18.5 Å². The van der Waals surface area contributed by atoms with E-state index in [1.54, 1.807) is 0 Å². The number of nitriles is 2. The fourth-order valence-corrected chi connectivity index (χ4v) is 5.47. The Balaban J connectivity index is 2.24. The molecule has 1 aliphatic rings. The van der Waals surface area contributed by atoms with Gasteiger partial charge in [0.1, 0.15) is 22.8 Å². The van der Waals surface area contributed by atoms with Crippen molar-refractivity contribution in [2.75, 3.05) is 0 Å². The third-order valence-corrected chi connectivity index (χ3v) is 7.70. The molecule has 1 aliphatic carbocycles. The van der Waals surface area contributed by atoms with Crippen LogP contribution in [0.5, 0.6) is 0 Å². The number of benzene rings is 3. The van der Waals surface area contributed by atoms with Crippen LogP contribution in [0.25, 0.3) is 11.1 Å². The number of halogens is 21. The number of allylic oxidation sites excluding steroid dienone is 4. The highest BCUT2D eigenvalue weighted by atomic mass is 19.4. The van der Waals surface area contributed by atoms with Gasteiger partial charge in [-0.15, -0.1) is 0 Å². The van der Waals surface area contributed by atoms with E-state index in [9.17, 15) is 76.4 Å². The van der Waals surface area contributed by atoms with E-state index < -0.39 is 156 Å². The molecule has 53 heavy (non-hydrogen) atoms. The summed E-state index contributed by atoms with van der Waals surface area (Å²) in [5.41, 5.74) is -23.8. The predicted octanol–water partition coefficient (Wildman–Crippen LogP) is 11.1. The van der Waals surface area contributed by atoms with Gasteiger partial charge in [-0.1, -0.05) is 0 Å². The van der Waals surface area contributed by atoms with Gasteiger partial charge in [0.2, 0.25) is 0 Å². The summed E-state index contributed by atoms with van der Waals surface area (Å²) in [7, 11) is 0. The van der Waals surface area contributed by atoms with Crippen molar-refractivity contribution < 1.29 is 92.2 Å². The Morgan fingerprint density at radius 1 is 0.472 bits per heavy atom. The molecule has 2 nitrogen and oxygen atoms in total. The molecule has 3 aromatic carbocycles. The van der Waals surface area contributed by atoms with E-state index in [2.05, 4.69) is 0 Å². The van der Waals surface area contributed by atoms with Gasteiger partial charge in [-0.05, 0) is 23.6 Å². The molecule has 0 bridgehead atoms. The van der Waals surface area contributed by atoms with Gasteiger partial charge in [0, 0.05) is 11.5 Å². The summed E-state index contributed by atoms with van der Waals surface area (Å²) in [6.45, 7) is 0.188. The predicted molar refractivity (Wildman–Crippen MR) is 131 cm³/mol. The Morgan fingerprint density at radius 3 is 1.06 bits per heavy atom. The fraction of sp³-hybridized carbons (Fsp3) is 0.200. The molecular formula is C30H5F21N2. The van der Waals surface area contributed by atoms with Crippen LogP contribution in [0, 0.1) is 98.4 Å². The third kappa shape index (κ3) is 6.18. The Labute approximate surface area is 278 Å². The second kappa shape index (κ2) is 12.9. The lowest BCUT2D eigenvalue weighted by Crippen LogP contribution is -2.19. The topological polar surface area (TPSA) is 47.6 Å². The minimum absolute atomic E-state index is 0.188. The van der Waals surface area contributed by atoms with Crippen LogP contribution in [0.3, 0.4) is 0 Å². The standard InChI is InChI=1S/C30H5F21N2/c1-4(8-16(31)22(37)13(28(43,44)45)23(38)17(8)32)7-9(5(2-52)11-18(33)24(39)14(29(46,47)48)25(40)19(11)34)10(7)6(3-53)12-20(35)26(41)15(30(49,50)51)27(42)21(12)36/h5,9H,1H3/b7-4-,10-6-. The highest BCUT2D eigenvalue weighted by Crippen LogP contribution is 2.61. The Bertz CT molecular complexity index is 2170. The van der Waals surface area contributed by atoms with Gasteiger partial charge in [-0.25, -0.2) is 52.7 Å². The molecule has 3 aromatic rings. The lowest BCUT2D eigenvalue weighted by Gasteiger charge is -2.17. The molecule has 2 atom stereocenters. The zero-order valence-corrected chi connectivity index (χ0v) is 24.5. The molecule has 23 heteroatoms. The Hall–Kier alpha value is -5.35. The van der Waals surface area contributed by atoms with Crippen LogP contribution in [0.4, 0.5) is 92.2 Å². The highest BCUT2D eigenvalue weighted by molar-refractivity contribution is 5.95. The first-order valence-corrected chi connectivity index (χ1v) is 13.2. The van der Waals surface area contributed by atoms with Crippen molar-refractivity contribution in [3.63, 3.8) is 0 Å². The molecule has 2 unspecified atom stereocenters. The number of nitrogens with zero attached hydrogens (tertiary/aromatic N) is 2. The lowest BCUT2D eigenvalue weighted by atomic mass is 9.90. The largest absolute Gasteiger partial charge is 0.422 e. The second-order valence-electron chi connectivity index (χ2n) is 10.6. The van der Waals surface area contributed by atoms with Crippen LogP contribution in [-0.4, -0.2) is 0 Å². The molecule has 0 heterocycles. The van der Waals surface area contributed by atoms with Crippen molar-refractivity contribution in [3.8, 4) is 12.1 Å². The molecule has 0 N–H and O–H groups in total. The summed E-state index contributed by atoms with van der Waals surface area (Å²) < 4.78 is 296. The molecule has 0 saturated heterocycles. The number of hydrogen-bond acceptors (Lipinski definition) is 2. The summed E-state index contributed by atoms with van der Waals surface area (Å²) in [5.74, 6) is -44.1. The molecule has 0 spiro atoms. The first kappa shape index (κ1) is 40.4. The maximum absolute atomic E-state index is 15.0. The molecule has 0 amide bonds. The van der Waals surface area contributed by atoms with Gasteiger partial charge in [-0.2, -0.15) is 50.0 Å². The summed E-state index contributed by atoms with van der Waals surface area (Å²) >= 11 is 0. The van der Waals surface area contributed by atoms with E-state index in [0.29, 0.717) is 6.07 Å². The molecule has 1 saturated carbocycles. The van der Waals surface area contributed by atoms with E-state index in [4.69, 9.17) is 0 Å². The van der Waals surface area contributed by atoms with Gasteiger partial charge >= 0.3 is 18.5 Å². The molecule has 4 rings (SSSR count). The lowest BCUT2D eigenvalue weighted by molar-refractivity contribution is -0.144. The van der Waals surface area contributed by atoms with Crippen LogP contribution in [0.1, 0.15) is 46.2 Å². The van der Waals surface area contributed by atoms with E-state index in [1.807, 2.05) is 0 Å². The van der Waals surface area contributed by atoms with Crippen LogP contribution in [0.15, 0.2) is 11.1 Å². The number of rotatable bonds is 4. The van der Waals surface area contributed by atoms with E-state index in [1.165, 1.54) is 0 Å². The molecule has 282 valence electrons. The van der Waals surface area contributed by atoms with E-state index in [0.717, 1.165) is 6.07 Å². The van der Waals surface area contributed by atoms with Crippen molar-refractivity contribution in [1.82, 2.24) is 0 Å². The van der Waals surface area contributed by atoms with Gasteiger partial charge in [0.25, 0.3) is 0 Å². The van der Waals surface area contributed by atoms with Crippen molar-refractivity contribution in [2.45, 2.75) is 31.4 Å². The average Bonchev–Trinajstić information content (AvgIpc) is 3.75. The quantitative estimate of drug-likeness (QED) is 0.150. The van der Waals surface area contributed by atoms with Gasteiger partial charge in [0.15, 0.2) is 69.8 Å². The second-order valence-corrected chi connectivity index (χ2v) is 10.6. The zero-order valence-electron chi connectivity index (χ0n) is 24.5. The molecule has 1 fully saturated rings. The fourth-order valence-electron chi connectivity index (χ4n) is 5.47. The molecule has 0 aromatic heterocycles. The zero-order chi connectivity index (χ0) is 40.8. The van der Waals surface area contributed by atoms with Crippen molar-refractivity contribution in [2.24, 2.45) is 5.92 Å². The van der Waals surface area contributed by atoms with Crippen LogP contribution < -0.4 is 0 Å². The van der Waals surface area contributed by atoms with Gasteiger partial charge in [0.05, 0.1) is 28.7 Å². The minimum atomic E-state index is -6.22. The molecular weight excluding hydrogens is 787 g/mol. The molecule has 0 aliphatic heterocycles. The minimum Gasteiger partial charge on any atom is -0.203 e. The third-order valence-electron chi connectivity index (χ3n) is 7.70. The van der Waals surface area contributed by atoms with Crippen LogP contribution in [0.2, 0.25) is 0 Å². The number of hydrogen-bond donors (Lipinski definition) is 0. The average molecular weight is 792 g/mol. The first-order chi connectivity index (χ1) is 24.1. The highest BCUT2D eigenvalue weighted by Gasteiger charge is 2.54. The summed E-state index contributed by atoms with van der Waals surface area (Å²) in [6, 6.07) is 1.50. The van der Waals surface area contributed by atoms with Crippen molar-refractivity contribution >= 4 is 11.1 Å². The van der Waals surface area contributed by atoms with Crippen molar-refractivity contribution in [1.29, 1.82) is 10.5 Å². The number of alkyl halides is 9. The van der Waals surface area contributed by atoms with E-state index >= 15 is 26.3 Å². The van der Waals surface area contributed by atoms with E-state index in [-0.39, 0.29) is 6.92 Å². The maximum atomic E-state index is 15.0. The normalized spacial score (nSPS) is 17.4. The Morgan fingerprint density at radius 2 is 0.774 bits per heavy atom. The van der Waals surface area contributed by atoms with Gasteiger partial charge in [-0.3, -0.25) is 0 Å². The smallest absolute Gasteiger partial charge is 0.203 e. The summed E-state index contributed by atoms with van der Waals surface area (Å²) in [6.07, 6.45) is -18.6. The van der Waals surface area contributed by atoms with Gasteiger partial charge < -0.3 is 0 Å². The summed E-state index contributed by atoms with van der Waals surface area (Å²) in [5, 5.41) is 19.5. The van der Waals surface area contributed by atoms with Crippen molar-refractivity contribution in [3.05, 3.63) is 114 Å². The monoisotopic (exact) mass is 792 g/mol. The van der Waals surface area contributed by atoms with Crippen LogP contribution >= 0.6 is 0 Å². The Kier molecular flexibility index (Phi) is 9.87.